The lowest BCUT2D eigenvalue weighted by Crippen LogP contribution is -1.94. The van der Waals surface area contributed by atoms with Crippen molar-refractivity contribution in [3.05, 3.63) is 67.0 Å². The minimum absolute atomic E-state index is 0.223. The topological polar surface area (TPSA) is 49.2 Å². The average Bonchev–Trinajstić information content (AvgIpc) is 3.27. The number of halogens is 1. The van der Waals surface area contributed by atoms with Crippen LogP contribution in [-0.2, 0) is 0 Å². The maximum Gasteiger partial charge on any atom is 0.231 e. The van der Waals surface area contributed by atoms with E-state index in [0.717, 1.165) is 22.5 Å². The molecule has 2 aromatic carbocycles. The number of pyridine rings is 1. The molecule has 0 fully saturated rings. The molecule has 3 heterocycles. The molecule has 122 valence electrons. The van der Waals surface area contributed by atoms with Gasteiger partial charge in [0.15, 0.2) is 11.5 Å². The third kappa shape index (κ3) is 2.22. The summed E-state index contributed by atoms with van der Waals surface area (Å²) in [6, 6.07) is 12.5. The van der Waals surface area contributed by atoms with Crippen molar-refractivity contribution in [2.45, 2.75) is 0 Å². The Labute approximate surface area is 142 Å². The van der Waals surface area contributed by atoms with Gasteiger partial charge in [0, 0.05) is 30.1 Å². The van der Waals surface area contributed by atoms with Crippen LogP contribution in [0.5, 0.6) is 11.5 Å². The number of hydrogen-bond donors (Lipinski definition) is 0. The monoisotopic (exact) mass is 333 g/mol. The van der Waals surface area contributed by atoms with Crippen LogP contribution in [0, 0.1) is 5.82 Å². The first-order valence-electron chi connectivity index (χ1n) is 7.76. The first kappa shape index (κ1) is 14.0. The Morgan fingerprint density at radius 2 is 1.80 bits per heavy atom. The second-order valence-corrected chi connectivity index (χ2v) is 5.71. The molecule has 6 heteroatoms. The van der Waals surface area contributed by atoms with Gasteiger partial charge in [-0.15, -0.1) is 0 Å². The van der Waals surface area contributed by atoms with Crippen LogP contribution in [0.1, 0.15) is 0 Å². The van der Waals surface area contributed by atoms with Gasteiger partial charge in [0.2, 0.25) is 6.79 Å². The summed E-state index contributed by atoms with van der Waals surface area (Å²) in [4.78, 5) is 8.31. The molecule has 0 amide bonds. The summed E-state index contributed by atoms with van der Waals surface area (Å²) in [5.74, 6) is 1.10. The van der Waals surface area contributed by atoms with Crippen LogP contribution in [0.4, 0.5) is 4.39 Å². The van der Waals surface area contributed by atoms with Gasteiger partial charge in [-0.1, -0.05) is 0 Å². The zero-order valence-electron chi connectivity index (χ0n) is 13.0. The van der Waals surface area contributed by atoms with Gasteiger partial charge < -0.3 is 9.47 Å². The van der Waals surface area contributed by atoms with Gasteiger partial charge in [-0.05, 0) is 35.9 Å². The lowest BCUT2D eigenvalue weighted by atomic mass is 10.1. The summed E-state index contributed by atoms with van der Waals surface area (Å²) in [5, 5.41) is 0. The third-order valence-electron chi connectivity index (χ3n) is 4.26. The van der Waals surface area contributed by atoms with E-state index < -0.39 is 0 Å². The zero-order valence-corrected chi connectivity index (χ0v) is 13.0. The first-order valence-corrected chi connectivity index (χ1v) is 7.76. The van der Waals surface area contributed by atoms with Crippen LogP contribution in [0.25, 0.3) is 27.8 Å². The van der Waals surface area contributed by atoms with Gasteiger partial charge in [-0.25, -0.2) is 9.37 Å². The number of hydrogen-bond acceptors (Lipinski definition) is 4. The Balaban J connectivity index is 1.70. The largest absolute Gasteiger partial charge is 0.454 e. The van der Waals surface area contributed by atoms with E-state index in [0.29, 0.717) is 16.8 Å². The zero-order chi connectivity index (χ0) is 16.8. The molecule has 0 saturated heterocycles. The summed E-state index contributed by atoms with van der Waals surface area (Å²) in [6.07, 6.45) is 4.97. The van der Waals surface area contributed by atoms with Crippen molar-refractivity contribution in [3.8, 4) is 28.3 Å². The highest BCUT2D eigenvalue weighted by molar-refractivity contribution is 5.84. The molecule has 2 aromatic heterocycles. The maximum absolute atomic E-state index is 14.5. The van der Waals surface area contributed by atoms with E-state index in [1.54, 1.807) is 36.9 Å². The van der Waals surface area contributed by atoms with Crippen molar-refractivity contribution in [3.63, 3.8) is 0 Å². The number of fused-ring (bicyclic) bond motifs is 2. The van der Waals surface area contributed by atoms with Crippen LogP contribution in [0.2, 0.25) is 0 Å². The quantitative estimate of drug-likeness (QED) is 0.557. The Kier molecular flexibility index (Phi) is 2.97. The van der Waals surface area contributed by atoms with Crippen molar-refractivity contribution >= 4 is 11.0 Å². The Morgan fingerprint density at radius 3 is 2.68 bits per heavy atom. The Bertz CT molecular complexity index is 1090. The van der Waals surface area contributed by atoms with E-state index in [9.17, 15) is 4.39 Å². The van der Waals surface area contributed by atoms with E-state index in [-0.39, 0.29) is 12.6 Å². The number of ether oxygens (including phenoxy) is 2. The second kappa shape index (κ2) is 5.31. The van der Waals surface area contributed by atoms with E-state index in [4.69, 9.17) is 9.47 Å². The molecule has 5 nitrogen and oxygen atoms in total. The minimum atomic E-state index is -0.311. The van der Waals surface area contributed by atoms with E-state index in [1.807, 2.05) is 22.8 Å². The number of benzene rings is 2. The highest BCUT2D eigenvalue weighted by Gasteiger charge is 2.16. The van der Waals surface area contributed by atoms with Crippen LogP contribution in [-0.4, -0.2) is 21.3 Å². The van der Waals surface area contributed by atoms with Gasteiger partial charge in [0.05, 0.1) is 16.7 Å². The maximum atomic E-state index is 14.5. The molecular weight excluding hydrogens is 321 g/mol. The van der Waals surface area contributed by atoms with Gasteiger partial charge in [-0.3, -0.25) is 9.55 Å². The lowest BCUT2D eigenvalue weighted by molar-refractivity contribution is 0.174. The third-order valence-corrected chi connectivity index (χ3v) is 4.26. The SMILES string of the molecule is Fc1cc2ncn(-c3ccc4c(c3)OCO4)c2cc1-c1ccncc1. The summed E-state index contributed by atoms with van der Waals surface area (Å²) in [7, 11) is 0. The van der Waals surface area contributed by atoms with E-state index in [1.165, 1.54) is 6.07 Å². The molecule has 0 aliphatic carbocycles. The molecular formula is C19H12FN3O2. The molecule has 0 radical (unpaired) electrons. The summed E-state index contributed by atoms with van der Waals surface area (Å²) in [6.45, 7) is 0.223. The Morgan fingerprint density at radius 1 is 0.960 bits per heavy atom. The van der Waals surface area contributed by atoms with Crippen LogP contribution < -0.4 is 9.47 Å². The normalized spacial score (nSPS) is 12.7. The number of rotatable bonds is 2. The van der Waals surface area contributed by atoms with Crippen LogP contribution in [0.15, 0.2) is 61.2 Å². The average molecular weight is 333 g/mol. The van der Waals surface area contributed by atoms with Crippen molar-refractivity contribution in [1.29, 1.82) is 0 Å². The van der Waals surface area contributed by atoms with Crippen LogP contribution >= 0.6 is 0 Å². The van der Waals surface area contributed by atoms with Crippen molar-refractivity contribution in [2.24, 2.45) is 0 Å². The molecule has 4 aromatic rings. The number of nitrogens with zero attached hydrogens (tertiary/aromatic N) is 3. The molecule has 0 bridgehead atoms. The number of aromatic nitrogens is 3. The second-order valence-electron chi connectivity index (χ2n) is 5.71. The molecule has 0 N–H and O–H groups in total. The predicted octanol–water partition coefficient (Wildman–Crippen LogP) is 3.96. The molecule has 0 spiro atoms. The molecule has 0 saturated carbocycles. The fourth-order valence-corrected chi connectivity index (χ4v) is 3.02. The van der Waals surface area contributed by atoms with Crippen molar-refractivity contribution in [2.75, 3.05) is 6.79 Å². The van der Waals surface area contributed by atoms with Crippen molar-refractivity contribution < 1.29 is 13.9 Å². The number of imidazole rings is 1. The molecule has 1 aliphatic rings. The minimum Gasteiger partial charge on any atom is -0.454 e. The molecule has 1 aliphatic heterocycles. The predicted molar refractivity (Wildman–Crippen MR) is 90.4 cm³/mol. The van der Waals surface area contributed by atoms with Gasteiger partial charge in [-0.2, -0.15) is 0 Å². The molecule has 0 unspecified atom stereocenters. The molecule has 5 rings (SSSR count). The van der Waals surface area contributed by atoms with Crippen LogP contribution in [0.3, 0.4) is 0 Å². The fourth-order valence-electron chi connectivity index (χ4n) is 3.02. The van der Waals surface area contributed by atoms with Gasteiger partial charge >= 0.3 is 0 Å². The smallest absolute Gasteiger partial charge is 0.231 e. The summed E-state index contributed by atoms with van der Waals surface area (Å²) in [5.41, 5.74) is 3.56. The van der Waals surface area contributed by atoms with Gasteiger partial charge in [0.25, 0.3) is 0 Å². The lowest BCUT2D eigenvalue weighted by Gasteiger charge is -2.08. The van der Waals surface area contributed by atoms with E-state index in [2.05, 4.69) is 9.97 Å². The van der Waals surface area contributed by atoms with E-state index >= 15 is 0 Å². The Hall–Kier alpha value is -3.41. The molecule has 25 heavy (non-hydrogen) atoms. The first-order chi connectivity index (χ1) is 12.3. The summed E-state index contributed by atoms with van der Waals surface area (Å²) >= 11 is 0. The fraction of sp³-hybridized carbons (Fsp3) is 0.0526. The highest BCUT2D eigenvalue weighted by atomic mass is 19.1. The molecule has 0 atom stereocenters. The summed E-state index contributed by atoms with van der Waals surface area (Å²) < 4.78 is 27.2. The van der Waals surface area contributed by atoms with Gasteiger partial charge in [0.1, 0.15) is 12.1 Å². The van der Waals surface area contributed by atoms with Crippen molar-refractivity contribution in [1.82, 2.24) is 14.5 Å². The highest BCUT2D eigenvalue weighted by Crippen LogP contribution is 2.35. The standard InChI is InChI=1S/C19H12FN3O2/c20-15-9-16-17(8-14(15)12-3-5-21-6-4-12)23(10-22-16)13-1-2-18-19(7-13)25-11-24-18/h1-10H,11H2.